The van der Waals surface area contributed by atoms with Crippen LogP contribution in [0.5, 0.6) is 0 Å². The number of nitrogens with zero attached hydrogens (tertiary/aromatic N) is 2. The van der Waals surface area contributed by atoms with Gasteiger partial charge in [-0.25, -0.2) is 0 Å². The lowest BCUT2D eigenvalue weighted by Gasteiger charge is -2.39. The number of methoxy groups -OCH3 is 1. The molecule has 0 radical (unpaired) electrons. The Hall–Kier alpha value is -0.430. The molecular weight excluding hydrogens is 324 g/mol. The van der Waals surface area contributed by atoms with Crippen molar-refractivity contribution in [2.75, 3.05) is 20.3 Å². The maximum atomic E-state index is 10.7. The third kappa shape index (κ3) is 2.93. The Balaban J connectivity index is 2.20. The third-order valence-corrected chi connectivity index (χ3v) is 5.22. The zero-order valence-electron chi connectivity index (χ0n) is 12.4. The smallest absolute Gasteiger partial charge is 0.0983 e. The van der Waals surface area contributed by atoms with Crippen molar-refractivity contribution in [3.63, 3.8) is 0 Å². The predicted molar refractivity (Wildman–Crippen MR) is 79.8 cm³/mol. The van der Waals surface area contributed by atoms with Crippen molar-refractivity contribution in [3.8, 4) is 0 Å². The first kappa shape index (κ1) is 15.9. The van der Waals surface area contributed by atoms with Gasteiger partial charge in [-0.05, 0) is 29.8 Å². The molecule has 2 heterocycles. The number of hydrogen-bond donors (Lipinski definition) is 1. The van der Waals surface area contributed by atoms with Gasteiger partial charge in [-0.2, -0.15) is 5.10 Å². The maximum Gasteiger partial charge on any atom is 0.0983 e. The number of ether oxygens (including phenoxy) is 2. The maximum absolute atomic E-state index is 10.7. The largest absolute Gasteiger partial charge is 0.390 e. The number of rotatable bonds is 5. The van der Waals surface area contributed by atoms with E-state index in [2.05, 4.69) is 28.0 Å². The third-order valence-electron chi connectivity index (χ3n) is 4.19. The topological polar surface area (TPSA) is 56.5 Å². The first-order valence-corrected chi connectivity index (χ1v) is 7.86. The fourth-order valence-corrected chi connectivity index (χ4v) is 3.27. The van der Waals surface area contributed by atoms with E-state index < -0.39 is 11.7 Å². The predicted octanol–water partition coefficient (Wildman–Crippen LogP) is 2.07. The number of aliphatic hydroxyl groups excluding tert-OH is 1. The highest BCUT2D eigenvalue weighted by molar-refractivity contribution is 9.10. The fourth-order valence-electron chi connectivity index (χ4n) is 2.82. The lowest BCUT2D eigenvalue weighted by molar-refractivity contribution is -0.152. The molecule has 1 fully saturated rings. The summed E-state index contributed by atoms with van der Waals surface area (Å²) in [5.41, 5.74) is 1.47. The van der Waals surface area contributed by atoms with Gasteiger partial charge in [0.05, 0.1) is 27.6 Å². The Bertz CT molecular complexity index is 456. The lowest BCUT2D eigenvalue weighted by Crippen LogP contribution is -2.49. The number of aryl methyl sites for hydroxylation is 2. The van der Waals surface area contributed by atoms with Crippen LogP contribution >= 0.6 is 15.9 Å². The molecule has 0 amide bonds. The second-order valence-corrected chi connectivity index (χ2v) is 6.06. The van der Waals surface area contributed by atoms with E-state index in [4.69, 9.17) is 9.47 Å². The van der Waals surface area contributed by atoms with Gasteiger partial charge in [0.15, 0.2) is 0 Å². The summed E-state index contributed by atoms with van der Waals surface area (Å²) in [6, 6.07) is 0. The summed E-state index contributed by atoms with van der Waals surface area (Å²) in [7, 11) is 1.67. The summed E-state index contributed by atoms with van der Waals surface area (Å²) >= 11 is 3.57. The molecule has 1 saturated heterocycles. The highest BCUT2D eigenvalue weighted by Crippen LogP contribution is 2.32. The van der Waals surface area contributed by atoms with Crippen molar-refractivity contribution < 1.29 is 14.6 Å². The molecular formula is C14H23BrN2O3. The molecule has 1 unspecified atom stereocenters. The summed E-state index contributed by atoms with van der Waals surface area (Å²) < 4.78 is 14.0. The molecule has 1 aliphatic rings. The molecule has 0 spiro atoms. The minimum atomic E-state index is -0.561. The SMILES string of the molecule is CCn1nc(C)c(Br)c1CC(O)C1(OC)CCOCC1. The molecule has 0 bridgehead atoms. The first-order chi connectivity index (χ1) is 9.54. The van der Waals surface area contributed by atoms with Gasteiger partial charge in [-0.1, -0.05) is 0 Å². The van der Waals surface area contributed by atoms with Gasteiger partial charge in [0.1, 0.15) is 0 Å². The Kier molecular flexibility index (Phi) is 5.23. The van der Waals surface area contributed by atoms with Crippen molar-refractivity contribution in [2.45, 2.75) is 51.4 Å². The van der Waals surface area contributed by atoms with E-state index in [0.717, 1.165) is 35.2 Å². The molecule has 114 valence electrons. The molecule has 1 atom stereocenters. The van der Waals surface area contributed by atoms with E-state index in [0.29, 0.717) is 19.6 Å². The Morgan fingerprint density at radius 1 is 1.50 bits per heavy atom. The van der Waals surface area contributed by atoms with Gasteiger partial charge < -0.3 is 14.6 Å². The minimum Gasteiger partial charge on any atom is -0.390 e. The second-order valence-electron chi connectivity index (χ2n) is 5.26. The van der Waals surface area contributed by atoms with Crippen LogP contribution in [0.15, 0.2) is 4.47 Å². The summed E-state index contributed by atoms with van der Waals surface area (Å²) in [4.78, 5) is 0. The van der Waals surface area contributed by atoms with Crippen LogP contribution in [0.3, 0.4) is 0 Å². The van der Waals surface area contributed by atoms with Crippen LogP contribution in [0.4, 0.5) is 0 Å². The Labute approximate surface area is 128 Å². The van der Waals surface area contributed by atoms with Crippen LogP contribution in [-0.4, -0.2) is 46.9 Å². The zero-order chi connectivity index (χ0) is 14.8. The number of halogens is 1. The van der Waals surface area contributed by atoms with Gasteiger partial charge in [0.2, 0.25) is 0 Å². The van der Waals surface area contributed by atoms with Crippen LogP contribution in [-0.2, 0) is 22.4 Å². The number of aliphatic hydroxyl groups is 1. The Morgan fingerprint density at radius 3 is 2.70 bits per heavy atom. The number of hydrogen-bond acceptors (Lipinski definition) is 4. The molecule has 20 heavy (non-hydrogen) atoms. The zero-order valence-corrected chi connectivity index (χ0v) is 13.9. The molecule has 1 aromatic heterocycles. The van der Waals surface area contributed by atoms with E-state index in [1.54, 1.807) is 7.11 Å². The molecule has 0 saturated carbocycles. The van der Waals surface area contributed by atoms with E-state index in [1.165, 1.54) is 0 Å². The van der Waals surface area contributed by atoms with Gasteiger partial charge in [0.25, 0.3) is 0 Å². The van der Waals surface area contributed by atoms with Crippen LogP contribution in [0.25, 0.3) is 0 Å². The summed E-state index contributed by atoms with van der Waals surface area (Å²) in [5, 5.41) is 15.2. The molecule has 0 aliphatic carbocycles. The molecule has 5 nitrogen and oxygen atoms in total. The summed E-state index contributed by atoms with van der Waals surface area (Å²) in [5.74, 6) is 0. The molecule has 0 aromatic carbocycles. The standard InChI is InChI=1S/C14H23BrN2O3/c1-4-17-11(13(15)10(2)16-17)9-12(18)14(19-3)5-7-20-8-6-14/h12,18H,4-9H2,1-3H3. The average molecular weight is 347 g/mol. The monoisotopic (exact) mass is 346 g/mol. The molecule has 1 aliphatic heterocycles. The van der Waals surface area contributed by atoms with Crippen LogP contribution in [0.2, 0.25) is 0 Å². The van der Waals surface area contributed by atoms with Crippen molar-refractivity contribution in [1.29, 1.82) is 0 Å². The molecule has 6 heteroatoms. The minimum absolute atomic E-state index is 0.506. The highest BCUT2D eigenvalue weighted by atomic mass is 79.9. The quantitative estimate of drug-likeness (QED) is 0.886. The highest BCUT2D eigenvalue weighted by Gasteiger charge is 2.40. The van der Waals surface area contributed by atoms with Crippen molar-refractivity contribution in [3.05, 3.63) is 15.9 Å². The molecule has 1 aromatic rings. The Morgan fingerprint density at radius 2 is 2.15 bits per heavy atom. The van der Waals surface area contributed by atoms with Gasteiger partial charge in [-0.3, -0.25) is 4.68 Å². The normalized spacial score (nSPS) is 20.1. The van der Waals surface area contributed by atoms with Gasteiger partial charge in [-0.15, -0.1) is 0 Å². The summed E-state index contributed by atoms with van der Waals surface area (Å²) in [6.07, 6.45) is 1.42. The fraction of sp³-hybridized carbons (Fsp3) is 0.786. The van der Waals surface area contributed by atoms with Crippen LogP contribution < -0.4 is 0 Å². The number of aromatic nitrogens is 2. The van der Waals surface area contributed by atoms with E-state index >= 15 is 0 Å². The first-order valence-electron chi connectivity index (χ1n) is 7.07. The van der Waals surface area contributed by atoms with Crippen molar-refractivity contribution in [1.82, 2.24) is 9.78 Å². The van der Waals surface area contributed by atoms with E-state index in [-0.39, 0.29) is 0 Å². The van der Waals surface area contributed by atoms with E-state index in [1.807, 2.05) is 11.6 Å². The lowest BCUT2D eigenvalue weighted by atomic mass is 9.85. The van der Waals surface area contributed by atoms with Crippen LogP contribution in [0.1, 0.15) is 31.2 Å². The van der Waals surface area contributed by atoms with Crippen molar-refractivity contribution in [2.24, 2.45) is 0 Å². The molecule has 2 rings (SSSR count). The van der Waals surface area contributed by atoms with E-state index in [9.17, 15) is 5.11 Å². The van der Waals surface area contributed by atoms with Gasteiger partial charge in [0, 0.05) is 46.1 Å². The summed E-state index contributed by atoms with van der Waals surface area (Å²) in [6.45, 7) is 6.08. The second kappa shape index (κ2) is 6.56. The van der Waals surface area contributed by atoms with Crippen LogP contribution in [0, 0.1) is 6.92 Å². The average Bonchev–Trinajstić information content (AvgIpc) is 2.75. The van der Waals surface area contributed by atoms with Crippen molar-refractivity contribution >= 4 is 15.9 Å². The van der Waals surface area contributed by atoms with Gasteiger partial charge >= 0.3 is 0 Å². The molecule has 1 N–H and O–H groups in total.